The summed E-state index contributed by atoms with van der Waals surface area (Å²) in [5.74, 6) is -0.594. The molecule has 88 valence electrons. The summed E-state index contributed by atoms with van der Waals surface area (Å²) in [5.41, 5.74) is 0. The Labute approximate surface area is 89.1 Å². The number of rotatable bonds is 8. The van der Waals surface area contributed by atoms with Gasteiger partial charge in [-0.2, -0.15) is 8.42 Å². The molecular weight excluding hydrogens is 222 g/mol. The fourth-order valence-corrected chi connectivity index (χ4v) is 1.25. The minimum absolute atomic E-state index is 0.226. The van der Waals surface area contributed by atoms with Crippen LogP contribution < -0.4 is 5.32 Å². The number of hydrogen-bond donors (Lipinski definition) is 2. The molecule has 0 aromatic heterocycles. The molecule has 0 unspecified atom stereocenters. The summed E-state index contributed by atoms with van der Waals surface area (Å²) in [4.78, 5) is 10.6. The van der Waals surface area contributed by atoms with Gasteiger partial charge in [-0.05, 0) is 12.5 Å². The molecule has 0 atom stereocenters. The van der Waals surface area contributed by atoms with Crippen molar-refractivity contribution in [3.05, 3.63) is 12.7 Å². The zero-order valence-corrected chi connectivity index (χ0v) is 9.12. The van der Waals surface area contributed by atoms with Gasteiger partial charge in [-0.25, -0.2) is 0 Å². The van der Waals surface area contributed by atoms with Gasteiger partial charge in [-0.1, -0.05) is 6.58 Å². The van der Waals surface area contributed by atoms with Crippen molar-refractivity contribution < 1.29 is 22.5 Å². The first-order valence-electron chi connectivity index (χ1n) is 4.39. The third-order valence-corrected chi connectivity index (χ3v) is 2.23. The zero-order valence-electron chi connectivity index (χ0n) is 8.31. The number of amides is 1. The summed E-state index contributed by atoms with van der Waals surface area (Å²) in [6.45, 7) is 4.14. The van der Waals surface area contributed by atoms with E-state index in [0.29, 0.717) is 13.2 Å². The smallest absolute Gasteiger partial charge is 0.264 e. The molecule has 0 aliphatic rings. The monoisotopic (exact) mass is 237 g/mol. The minimum Gasteiger partial charge on any atom is -0.380 e. The van der Waals surface area contributed by atoms with E-state index in [1.165, 1.54) is 0 Å². The predicted molar refractivity (Wildman–Crippen MR) is 55.1 cm³/mol. The Bertz CT molecular complexity index is 298. The van der Waals surface area contributed by atoms with Crippen LogP contribution in [0.15, 0.2) is 12.7 Å². The molecule has 0 bridgehead atoms. The molecule has 0 aliphatic heterocycles. The molecule has 2 N–H and O–H groups in total. The van der Waals surface area contributed by atoms with Crippen molar-refractivity contribution in [1.29, 1.82) is 0 Å². The van der Waals surface area contributed by atoms with Crippen molar-refractivity contribution in [2.45, 2.75) is 6.42 Å². The molecule has 0 fully saturated rings. The van der Waals surface area contributed by atoms with Crippen LogP contribution in [0, 0.1) is 0 Å². The summed E-state index contributed by atoms with van der Waals surface area (Å²) in [6, 6.07) is 0. The summed E-state index contributed by atoms with van der Waals surface area (Å²) < 4.78 is 33.9. The highest BCUT2D eigenvalue weighted by Gasteiger charge is 2.02. The van der Waals surface area contributed by atoms with E-state index >= 15 is 0 Å². The van der Waals surface area contributed by atoms with Gasteiger partial charge < -0.3 is 10.1 Å². The molecule has 0 aliphatic carbocycles. The summed E-state index contributed by atoms with van der Waals surface area (Å²) in [6.07, 6.45) is 1.38. The number of carbonyl (C=O) groups excluding carboxylic acids is 1. The van der Waals surface area contributed by atoms with Gasteiger partial charge >= 0.3 is 0 Å². The first kappa shape index (κ1) is 14.1. The molecule has 0 radical (unpaired) electrons. The number of carbonyl (C=O) groups is 1. The second kappa shape index (κ2) is 7.38. The average molecular weight is 237 g/mol. The number of hydrogen-bond acceptors (Lipinski definition) is 4. The van der Waals surface area contributed by atoms with Crippen molar-refractivity contribution in [3.63, 3.8) is 0 Å². The van der Waals surface area contributed by atoms with Gasteiger partial charge in [-0.15, -0.1) is 0 Å². The van der Waals surface area contributed by atoms with E-state index in [1.54, 1.807) is 0 Å². The molecule has 0 saturated heterocycles. The average Bonchev–Trinajstić information content (AvgIpc) is 2.14. The van der Waals surface area contributed by atoms with E-state index in [0.717, 1.165) is 6.08 Å². The van der Waals surface area contributed by atoms with E-state index in [2.05, 4.69) is 11.9 Å². The van der Waals surface area contributed by atoms with Gasteiger partial charge in [0.2, 0.25) is 5.91 Å². The molecule has 0 spiro atoms. The van der Waals surface area contributed by atoms with Crippen LogP contribution in [-0.2, 0) is 19.6 Å². The van der Waals surface area contributed by atoms with E-state index in [-0.39, 0.29) is 24.7 Å². The normalized spacial score (nSPS) is 11.0. The largest absolute Gasteiger partial charge is 0.380 e. The first-order valence-corrected chi connectivity index (χ1v) is 6.00. The van der Waals surface area contributed by atoms with Crippen molar-refractivity contribution in [2.24, 2.45) is 0 Å². The third kappa shape index (κ3) is 11.0. The quantitative estimate of drug-likeness (QED) is 0.340. The highest BCUT2D eigenvalue weighted by Crippen LogP contribution is 1.89. The van der Waals surface area contributed by atoms with Crippen LogP contribution in [0.1, 0.15) is 6.42 Å². The van der Waals surface area contributed by atoms with Crippen LogP contribution in [-0.4, -0.2) is 44.4 Å². The molecule has 1 amide bonds. The van der Waals surface area contributed by atoms with Gasteiger partial charge in [0.05, 0.1) is 12.4 Å². The van der Waals surface area contributed by atoms with Crippen LogP contribution in [0.5, 0.6) is 0 Å². The lowest BCUT2D eigenvalue weighted by atomic mass is 10.5. The Morgan fingerprint density at radius 1 is 1.47 bits per heavy atom. The maximum absolute atomic E-state index is 10.6. The molecule has 15 heavy (non-hydrogen) atoms. The molecule has 7 heteroatoms. The lowest BCUT2D eigenvalue weighted by molar-refractivity contribution is -0.116. The van der Waals surface area contributed by atoms with Gasteiger partial charge in [0.15, 0.2) is 0 Å². The maximum Gasteiger partial charge on any atom is 0.264 e. The van der Waals surface area contributed by atoms with Gasteiger partial charge in [0.1, 0.15) is 0 Å². The van der Waals surface area contributed by atoms with Crippen LogP contribution in [0.2, 0.25) is 0 Å². The zero-order chi connectivity index (χ0) is 11.7. The Hall–Kier alpha value is -0.920. The lowest BCUT2D eigenvalue weighted by Gasteiger charge is -2.03. The molecular formula is C8H15NO5S. The molecule has 6 nitrogen and oxygen atoms in total. The molecule has 0 aromatic carbocycles. The summed E-state index contributed by atoms with van der Waals surface area (Å²) in [5, 5.41) is 2.49. The summed E-state index contributed by atoms with van der Waals surface area (Å²) >= 11 is 0. The van der Waals surface area contributed by atoms with Crippen LogP contribution in [0.25, 0.3) is 0 Å². The van der Waals surface area contributed by atoms with Gasteiger partial charge in [-0.3, -0.25) is 9.35 Å². The molecule has 0 aromatic rings. The second-order valence-corrected chi connectivity index (χ2v) is 4.32. The minimum atomic E-state index is -3.90. The Balaban J connectivity index is 3.26. The van der Waals surface area contributed by atoms with E-state index < -0.39 is 10.1 Å². The van der Waals surface area contributed by atoms with Crippen LogP contribution in [0.4, 0.5) is 0 Å². The van der Waals surface area contributed by atoms with E-state index in [4.69, 9.17) is 9.29 Å². The predicted octanol–water partition coefficient (Wildman–Crippen LogP) is -0.417. The fraction of sp³-hybridized carbons (Fsp3) is 0.625. The lowest BCUT2D eigenvalue weighted by Crippen LogP contribution is -2.25. The number of nitrogens with one attached hydrogen (secondary N) is 1. The third-order valence-electron chi connectivity index (χ3n) is 1.42. The topological polar surface area (TPSA) is 92.7 Å². The standard InChI is InChI=1S/C8H15NO5S/c1-2-8(10)9-4-6-14-5-3-7-15(11,12)13/h2H,1,3-7H2,(H,9,10)(H,11,12,13). The van der Waals surface area contributed by atoms with Gasteiger partial charge in [0, 0.05) is 13.2 Å². The van der Waals surface area contributed by atoms with Crippen LogP contribution >= 0.6 is 0 Å². The summed E-state index contributed by atoms with van der Waals surface area (Å²) in [7, 11) is -3.90. The van der Waals surface area contributed by atoms with Gasteiger partial charge in [0.25, 0.3) is 10.1 Å². The SMILES string of the molecule is C=CC(=O)NCCOCCCS(=O)(=O)O. The van der Waals surface area contributed by atoms with Crippen molar-refractivity contribution in [3.8, 4) is 0 Å². The van der Waals surface area contributed by atoms with Crippen LogP contribution in [0.3, 0.4) is 0 Å². The highest BCUT2D eigenvalue weighted by atomic mass is 32.2. The second-order valence-electron chi connectivity index (χ2n) is 2.75. The van der Waals surface area contributed by atoms with Crippen molar-refractivity contribution in [1.82, 2.24) is 5.32 Å². The van der Waals surface area contributed by atoms with Crippen molar-refractivity contribution >= 4 is 16.0 Å². The Morgan fingerprint density at radius 3 is 2.67 bits per heavy atom. The highest BCUT2D eigenvalue weighted by molar-refractivity contribution is 7.85. The van der Waals surface area contributed by atoms with Crippen molar-refractivity contribution in [2.75, 3.05) is 25.5 Å². The molecule has 0 heterocycles. The number of ether oxygens (including phenoxy) is 1. The molecule has 0 rings (SSSR count). The molecule has 0 saturated carbocycles. The van der Waals surface area contributed by atoms with E-state index in [1.807, 2.05) is 0 Å². The Kier molecular flexibility index (Phi) is 6.93. The fourth-order valence-electron chi connectivity index (χ4n) is 0.764. The first-order chi connectivity index (χ1) is 6.95. The van der Waals surface area contributed by atoms with E-state index in [9.17, 15) is 13.2 Å². The maximum atomic E-state index is 10.6. The Morgan fingerprint density at radius 2 is 2.13 bits per heavy atom.